The topological polar surface area (TPSA) is 28.2 Å². The van der Waals surface area contributed by atoms with E-state index in [2.05, 4.69) is 62.1 Å². The van der Waals surface area contributed by atoms with E-state index in [4.69, 9.17) is 0 Å². The third-order valence-electron chi connectivity index (χ3n) is 3.21. The number of aromatic nitrogens is 1. The van der Waals surface area contributed by atoms with Crippen LogP contribution in [0.15, 0.2) is 18.3 Å². The van der Waals surface area contributed by atoms with Crippen LogP contribution in [0.5, 0.6) is 0 Å². The maximum Gasteiger partial charge on any atom is 0.128 e. The van der Waals surface area contributed by atoms with Crippen LogP contribution in [0.1, 0.15) is 45.7 Å². The van der Waals surface area contributed by atoms with Gasteiger partial charge in [0, 0.05) is 25.8 Å². The van der Waals surface area contributed by atoms with Gasteiger partial charge in [-0.2, -0.15) is 0 Å². The molecule has 3 heteroatoms. The van der Waals surface area contributed by atoms with Gasteiger partial charge in [-0.05, 0) is 37.4 Å². The van der Waals surface area contributed by atoms with Gasteiger partial charge in [0.05, 0.1) is 0 Å². The van der Waals surface area contributed by atoms with Gasteiger partial charge < -0.3 is 10.2 Å². The first-order valence-electron chi connectivity index (χ1n) is 6.95. The van der Waals surface area contributed by atoms with Crippen molar-refractivity contribution >= 4 is 5.82 Å². The highest BCUT2D eigenvalue weighted by molar-refractivity contribution is 5.38. The van der Waals surface area contributed by atoms with Crippen LogP contribution in [0.3, 0.4) is 0 Å². The first-order valence-corrected chi connectivity index (χ1v) is 6.95. The Morgan fingerprint density at radius 1 is 1.28 bits per heavy atom. The van der Waals surface area contributed by atoms with Crippen LogP contribution in [-0.4, -0.2) is 25.1 Å². The van der Waals surface area contributed by atoms with E-state index in [1.807, 2.05) is 6.20 Å². The first-order chi connectivity index (χ1) is 8.54. The average Bonchev–Trinajstić information content (AvgIpc) is 2.36. The standard InChI is InChI=1S/C15H27N3/c1-6-16-13(4)14-7-8-15(17-11-14)18(5)10-9-12(2)3/h7-8,11-13,16H,6,9-10H2,1-5H3. The Labute approximate surface area is 112 Å². The van der Waals surface area contributed by atoms with E-state index in [9.17, 15) is 0 Å². The molecule has 0 spiro atoms. The number of hydrogen-bond acceptors (Lipinski definition) is 3. The van der Waals surface area contributed by atoms with Gasteiger partial charge in [-0.15, -0.1) is 0 Å². The van der Waals surface area contributed by atoms with E-state index in [0.717, 1.165) is 24.8 Å². The zero-order valence-corrected chi connectivity index (χ0v) is 12.4. The van der Waals surface area contributed by atoms with Gasteiger partial charge in [0.25, 0.3) is 0 Å². The van der Waals surface area contributed by atoms with Crippen LogP contribution < -0.4 is 10.2 Å². The van der Waals surface area contributed by atoms with Gasteiger partial charge in [-0.25, -0.2) is 4.98 Å². The molecule has 0 aromatic carbocycles. The van der Waals surface area contributed by atoms with Crippen molar-refractivity contribution in [1.29, 1.82) is 0 Å². The summed E-state index contributed by atoms with van der Waals surface area (Å²) in [6.45, 7) is 10.8. The van der Waals surface area contributed by atoms with E-state index in [1.165, 1.54) is 12.0 Å². The molecule has 0 saturated heterocycles. The lowest BCUT2D eigenvalue weighted by Gasteiger charge is -2.20. The Hall–Kier alpha value is -1.09. The molecule has 1 aromatic heterocycles. The highest BCUT2D eigenvalue weighted by Gasteiger charge is 2.07. The fourth-order valence-electron chi connectivity index (χ4n) is 1.87. The predicted molar refractivity (Wildman–Crippen MR) is 79.1 cm³/mol. The second-order valence-corrected chi connectivity index (χ2v) is 5.33. The molecule has 0 saturated carbocycles. The summed E-state index contributed by atoms with van der Waals surface area (Å²) in [5, 5.41) is 3.40. The van der Waals surface area contributed by atoms with Gasteiger partial charge >= 0.3 is 0 Å². The highest BCUT2D eigenvalue weighted by atomic mass is 15.2. The molecule has 1 atom stereocenters. The van der Waals surface area contributed by atoms with Crippen LogP contribution in [0.25, 0.3) is 0 Å². The lowest BCUT2D eigenvalue weighted by atomic mass is 10.1. The number of anilines is 1. The number of rotatable bonds is 7. The van der Waals surface area contributed by atoms with E-state index < -0.39 is 0 Å². The Balaban J connectivity index is 2.58. The van der Waals surface area contributed by atoms with Crippen molar-refractivity contribution in [2.24, 2.45) is 5.92 Å². The molecule has 1 N–H and O–H groups in total. The molecule has 0 aliphatic carbocycles. The normalized spacial score (nSPS) is 12.8. The van der Waals surface area contributed by atoms with Gasteiger partial charge in [-0.1, -0.05) is 26.8 Å². The molecular formula is C15H27N3. The van der Waals surface area contributed by atoms with Crippen molar-refractivity contribution in [3.05, 3.63) is 23.9 Å². The summed E-state index contributed by atoms with van der Waals surface area (Å²) in [6, 6.07) is 4.66. The second kappa shape index (κ2) is 7.37. The number of nitrogens with one attached hydrogen (secondary N) is 1. The fourth-order valence-corrected chi connectivity index (χ4v) is 1.87. The van der Waals surface area contributed by atoms with Crippen LogP contribution in [0.2, 0.25) is 0 Å². The van der Waals surface area contributed by atoms with E-state index in [0.29, 0.717) is 6.04 Å². The molecular weight excluding hydrogens is 222 g/mol. The van der Waals surface area contributed by atoms with E-state index in [-0.39, 0.29) is 0 Å². The van der Waals surface area contributed by atoms with Crippen LogP contribution in [-0.2, 0) is 0 Å². The Morgan fingerprint density at radius 2 is 2.00 bits per heavy atom. The van der Waals surface area contributed by atoms with Crippen molar-refractivity contribution < 1.29 is 0 Å². The minimum atomic E-state index is 0.373. The van der Waals surface area contributed by atoms with Crippen LogP contribution in [0.4, 0.5) is 5.82 Å². The summed E-state index contributed by atoms with van der Waals surface area (Å²) >= 11 is 0. The van der Waals surface area contributed by atoms with Crippen molar-refractivity contribution in [3.8, 4) is 0 Å². The van der Waals surface area contributed by atoms with Crippen molar-refractivity contribution in [2.45, 2.75) is 40.2 Å². The molecule has 18 heavy (non-hydrogen) atoms. The molecule has 1 heterocycles. The molecule has 102 valence electrons. The average molecular weight is 249 g/mol. The number of hydrogen-bond donors (Lipinski definition) is 1. The monoisotopic (exact) mass is 249 g/mol. The summed E-state index contributed by atoms with van der Waals surface area (Å²) in [5.74, 6) is 1.79. The van der Waals surface area contributed by atoms with Crippen molar-refractivity contribution in [1.82, 2.24) is 10.3 Å². The van der Waals surface area contributed by atoms with Gasteiger partial charge in [0.2, 0.25) is 0 Å². The maximum absolute atomic E-state index is 4.55. The molecule has 1 unspecified atom stereocenters. The van der Waals surface area contributed by atoms with Gasteiger partial charge in [0.1, 0.15) is 5.82 Å². The number of nitrogens with zero attached hydrogens (tertiary/aromatic N) is 2. The molecule has 0 fully saturated rings. The minimum Gasteiger partial charge on any atom is -0.360 e. The summed E-state index contributed by atoms with van der Waals surface area (Å²) < 4.78 is 0. The molecule has 0 aliphatic rings. The van der Waals surface area contributed by atoms with Gasteiger partial charge in [0.15, 0.2) is 0 Å². The van der Waals surface area contributed by atoms with Crippen molar-refractivity contribution in [2.75, 3.05) is 25.0 Å². The number of pyridine rings is 1. The molecule has 0 bridgehead atoms. The zero-order valence-electron chi connectivity index (χ0n) is 12.4. The van der Waals surface area contributed by atoms with Crippen LogP contribution >= 0.6 is 0 Å². The molecule has 0 amide bonds. The summed E-state index contributed by atoms with van der Waals surface area (Å²) in [6.07, 6.45) is 3.18. The summed E-state index contributed by atoms with van der Waals surface area (Å²) in [5.41, 5.74) is 1.25. The maximum atomic E-state index is 4.55. The molecule has 3 nitrogen and oxygen atoms in total. The predicted octanol–water partition coefficient (Wildman–Crippen LogP) is 3.23. The summed E-state index contributed by atoms with van der Waals surface area (Å²) in [4.78, 5) is 6.77. The quantitative estimate of drug-likeness (QED) is 0.804. The third-order valence-corrected chi connectivity index (χ3v) is 3.21. The van der Waals surface area contributed by atoms with Crippen LogP contribution in [0, 0.1) is 5.92 Å². The molecule has 0 radical (unpaired) electrons. The second-order valence-electron chi connectivity index (χ2n) is 5.33. The highest BCUT2D eigenvalue weighted by Crippen LogP contribution is 2.15. The van der Waals surface area contributed by atoms with E-state index >= 15 is 0 Å². The van der Waals surface area contributed by atoms with Gasteiger partial charge in [-0.3, -0.25) is 0 Å². The molecule has 1 aromatic rings. The SMILES string of the molecule is CCNC(C)c1ccc(N(C)CCC(C)C)nc1. The lowest BCUT2D eigenvalue weighted by molar-refractivity contribution is 0.582. The lowest BCUT2D eigenvalue weighted by Crippen LogP contribution is -2.21. The first kappa shape index (κ1) is 15.0. The fraction of sp³-hybridized carbons (Fsp3) is 0.667. The Kier molecular flexibility index (Phi) is 6.13. The van der Waals surface area contributed by atoms with E-state index in [1.54, 1.807) is 0 Å². The molecule has 1 rings (SSSR count). The third kappa shape index (κ3) is 4.65. The smallest absolute Gasteiger partial charge is 0.128 e. The molecule has 0 aliphatic heterocycles. The summed E-state index contributed by atoms with van der Waals surface area (Å²) in [7, 11) is 2.11. The zero-order chi connectivity index (χ0) is 13.5. The largest absolute Gasteiger partial charge is 0.360 e. The minimum absolute atomic E-state index is 0.373. The Bertz CT molecular complexity index is 332. The van der Waals surface area contributed by atoms with Crippen molar-refractivity contribution in [3.63, 3.8) is 0 Å². The Morgan fingerprint density at radius 3 is 2.50 bits per heavy atom.